The van der Waals surface area contributed by atoms with E-state index in [1.165, 1.54) is 0 Å². The molecule has 0 saturated carbocycles. The molecule has 0 N–H and O–H groups in total. The molecule has 2 aliphatic heterocycles. The van der Waals surface area contributed by atoms with Gasteiger partial charge in [-0.05, 0) is 32.9 Å². The highest BCUT2D eigenvalue weighted by Crippen LogP contribution is 2.16. The Morgan fingerprint density at radius 3 is 2.12 bits per heavy atom. The number of hydrogen-bond donors (Lipinski definition) is 0. The molecule has 2 amide bonds. The Balaban J connectivity index is 1.54. The lowest BCUT2D eigenvalue weighted by Crippen LogP contribution is -2.58. The van der Waals surface area contributed by atoms with Gasteiger partial charge in [0.1, 0.15) is 0 Å². The van der Waals surface area contributed by atoms with Crippen LogP contribution in [-0.2, 0) is 9.53 Å². The van der Waals surface area contributed by atoms with Gasteiger partial charge in [0.25, 0.3) is 5.91 Å². The van der Waals surface area contributed by atoms with Gasteiger partial charge in [-0.1, -0.05) is 18.2 Å². The summed E-state index contributed by atoms with van der Waals surface area (Å²) in [6, 6.07) is 9.21. The third-order valence-corrected chi connectivity index (χ3v) is 5.26. The summed E-state index contributed by atoms with van der Waals surface area (Å²) in [6.45, 7) is 10.1. The van der Waals surface area contributed by atoms with Crippen molar-refractivity contribution in [1.29, 1.82) is 0 Å². The molecule has 142 valence electrons. The molecular formula is C20H29N3O3. The fourth-order valence-electron chi connectivity index (χ4n) is 3.85. The molecule has 1 aromatic rings. The summed E-state index contributed by atoms with van der Waals surface area (Å²) in [5, 5.41) is 0. The van der Waals surface area contributed by atoms with E-state index in [0.717, 1.165) is 18.7 Å². The lowest BCUT2D eigenvalue weighted by Gasteiger charge is -2.41. The first kappa shape index (κ1) is 18.9. The minimum absolute atomic E-state index is 0.0695. The second kappa shape index (κ2) is 8.18. The molecule has 1 aromatic carbocycles. The van der Waals surface area contributed by atoms with Crippen LogP contribution in [0.3, 0.4) is 0 Å². The Morgan fingerprint density at radius 2 is 1.54 bits per heavy atom. The minimum atomic E-state index is -0.165. The highest BCUT2D eigenvalue weighted by molar-refractivity contribution is 5.94. The number of rotatable bonds is 3. The number of carbonyl (C=O) groups is 2. The summed E-state index contributed by atoms with van der Waals surface area (Å²) in [5.74, 6) is 0.231. The standard InChI is InChI=1S/C20H29N3O3/c1-15-13-23(14-16(2)26-15)19(24)17(3)21-9-11-22(12-10-21)20(25)18-7-5-4-6-8-18/h4-8,15-17H,9-14H2,1-3H3/t15-,16+,17-/m0/s1. The molecule has 6 heteroatoms. The maximum atomic E-state index is 12.9. The second-order valence-corrected chi connectivity index (χ2v) is 7.37. The van der Waals surface area contributed by atoms with Crippen molar-refractivity contribution in [3.63, 3.8) is 0 Å². The molecule has 0 radical (unpaired) electrons. The fraction of sp³-hybridized carbons (Fsp3) is 0.600. The normalized spacial score (nSPS) is 25.8. The summed E-state index contributed by atoms with van der Waals surface area (Å²) in [6.07, 6.45) is 0.158. The molecule has 0 aliphatic carbocycles. The molecule has 26 heavy (non-hydrogen) atoms. The second-order valence-electron chi connectivity index (χ2n) is 7.37. The van der Waals surface area contributed by atoms with E-state index in [4.69, 9.17) is 4.74 Å². The Labute approximate surface area is 155 Å². The Bertz CT molecular complexity index is 618. The quantitative estimate of drug-likeness (QED) is 0.820. The van der Waals surface area contributed by atoms with Gasteiger partial charge in [-0.3, -0.25) is 14.5 Å². The van der Waals surface area contributed by atoms with E-state index in [0.29, 0.717) is 26.2 Å². The van der Waals surface area contributed by atoms with Crippen molar-refractivity contribution in [2.75, 3.05) is 39.3 Å². The predicted molar refractivity (Wildman–Crippen MR) is 100.0 cm³/mol. The van der Waals surface area contributed by atoms with Crippen LogP contribution in [-0.4, -0.2) is 84.0 Å². The fourth-order valence-corrected chi connectivity index (χ4v) is 3.85. The van der Waals surface area contributed by atoms with Crippen molar-refractivity contribution >= 4 is 11.8 Å². The first-order valence-electron chi connectivity index (χ1n) is 9.48. The van der Waals surface area contributed by atoms with E-state index in [9.17, 15) is 9.59 Å². The lowest BCUT2D eigenvalue weighted by atomic mass is 10.1. The monoisotopic (exact) mass is 359 g/mol. The van der Waals surface area contributed by atoms with Gasteiger partial charge in [-0.15, -0.1) is 0 Å². The van der Waals surface area contributed by atoms with Crippen molar-refractivity contribution in [3.05, 3.63) is 35.9 Å². The largest absolute Gasteiger partial charge is 0.372 e. The number of benzene rings is 1. The van der Waals surface area contributed by atoms with Crippen LogP contribution in [0.15, 0.2) is 30.3 Å². The van der Waals surface area contributed by atoms with Gasteiger partial charge in [0.15, 0.2) is 0 Å². The number of piperazine rings is 1. The van der Waals surface area contributed by atoms with Crippen LogP contribution in [0.5, 0.6) is 0 Å². The maximum absolute atomic E-state index is 12.9. The first-order valence-corrected chi connectivity index (χ1v) is 9.48. The van der Waals surface area contributed by atoms with E-state index in [-0.39, 0.29) is 30.1 Å². The van der Waals surface area contributed by atoms with Gasteiger partial charge >= 0.3 is 0 Å². The molecule has 0 unspecified atom stereocenters. The smallest absolute Gasteiger partial charge is 0.253 e. The number of amides is 2. The first-order chi connectivity index (χ1) is 12.5. The van der Waals surface area contributed by atoms with Crippen LogP contribution in [0.4, 0.5) is 0 Å². The van der Waals surface area contributed by atoms with E-state index >= 15 is 0 Å². The highest BCUT2D eigenvalue weighted by atomic mass is 16.5. The average Bonchev–Trinajstić information content (AvgIpc) is 2.66. The topological polar surface area (TPSA) is 53.1 Å². The molecule has 2 heterocycles. The molecule has 3 atom stereocenters. The van der Waals surface area contributed by atoms with Gasteiger partial charge < -0.3 is 14.5 Å². The van der Waals surface area contributed by atoms with Crippen LogP contribution < -0.4 is 0 Å². The van der Waals surface area contributed by atoms with Crippen molar-refractivity contribution in [1.82, 2.24) is 14.7 Å². The van der Waals surface area contributed by atoms with Gasteiger partial charge in [0, 0.05) is 44.8 Å². The molecule has 0 aromatic heterocycles. The minimum Gasteiger partial charge on any atom is -0.372 e. The molecular weight excluding hydrogens is 330 g/mol. The Morgan fingerprint density at radius 1 is 0.962 bits per heavy atom. The van der Waals surface area contributed by atoms with E-state index in [1.807, 2.05) is 60.9 Å². The zero-order valence-electron chi connectivity index (χ0n) is 15.9. The van der Waals surface area contributed by atoms with Crippen molar-refractivity contribution in [2.24, 2.45) is 0 Å². The number of nitrogens with zero attached hydrogens (tertiary/aromatic N) is 3. The third kappa shape index (κ3) is 4.24. The van der Waals surface area contributed by atoms with Crippen LogP contribution in [0.2, 0.25) is 0 Å². The van der Waals surface area contributed by atoms with Crippen LogP contribution in [0, 0.1) is 0 Å². The molecule has 0 bridgehead atoms. The van der Waals surface area contributed by atoms with Gasteiger partial charge in [-0.25, -0.2) is 0 Å². The van der Waals surface area contributed by atoms with Crippen molar-refractivity contribution in [2.45, 2.75) is 39.0 Å². The number of hydrogen-bond acceptors (Lipinski definition) is 4. The van der Waals surface area contributed by atoms with Crippen LogP contribution in [0.1, 0.15) is 31.1 Å². The number of ether oxygens (including phenoxy) is 1. The highest BCUT2D eigenvalue weighted by Gasteiger charge is 2.33. The summed E-state index contributed by atoms with van der Waals surface area (Å²) >= 11 is 0. The van der Waals surface area contributed by atoms with E-state index in [1.54, 1.807) is 0 Å². The molecule has 2 saturated heterocycles. The summed E-state index contributed by atoms with van der Waals surface area (Å²) in [4.78, 5) is 31.4. The third-order valence-electron chi connectivity index (χ3n) is 5.26. The zero-order chi connectivity index (χ0) is 18.7. The van der Waals surface area contributed by atoms with Crippen molar-refractivity contribution in [3.8, 4) is 0 Å². The SMILES string of the molecule is C[C@@H]1CN(C(=O)[C@H](C)N2CCN(C(=O)c3ccccc3)CC2)C[C@H](C)O1. The lowest BCUT2D eigenvalue weighted by molar-refractivity contribution is -0.148. The average molecular weight is 359 g/mol. The molecule has 2 fully saturated rings. The van der Waals surface area contributed by atoms with Crippen LogP contribution >= 0.6 is 0 Å². The summed E-state index contributed by atoms with van der Waals surface area (Å²) < 4.78 is 5.72. The van der Waals surface area contributed by atoms with E-state index in [2.05, 4.69) is 4.90 Å². The molecule has 3 rings (SSSR count). The summed E-state index contributed by atoms with van der Waals surface area (Å²) in [7, 11) is 0. The molecule has 6 nitrogen and oxygen atoms in total. The summed E-state index contributed by atoms with van der Waals surface area (Å²) in [5.41, 5.74) is 0.723. The molecule has 2 aliphatic rings. The zero-order valence-corrected chi connectivity index (χ0v) is 15.9. The van der Waals surface area contributed by atoms with Gasteiger partial charge in [0.2, 0.25) is 5.91 Å². The number of carbonyl (C=O) groups excluding carboxylic acids is 2. The van der Waals surface area contributed by atoms with E-state index < -0.39 is 0 Å². The molecule has 0 spiro atoms. The number of morpholine rings is 1. The predicted octanol–water partition coefficient (Wildman–Crippen LogP) is 1.47. The maximum Gasteiger partial charge on any atom is 0.253 e. The Kier molecular flexibility index (Phi) is 5.94. The van der Waals surface area contributed by atoms with Crippen molar-refractivity contribution < 1.29 is 14.3 Å². The Hall–Kier alpha value is -1.92. The van der Waals surface area contributed by atoms with Gasteiger partial charge in [0.05, 0.1) is 18.2 Å². The van der Waals surface area contributed by atoms with Crippen LogP contribution in [0.25, 0.3) is 0 Å². The van der Waals surface area contributed by atoms with Gasteiger partial charge in [-0.2, -0.15) is 0 Å².